The summed E-state index contributed by atoms with van der Waals surface area (Å²) in [5.74, 6) is 0.208. The molecule has 2 aliphatic rings. The second-order valence-corrected chi connectivity index (χ2v) is 5.98. The van der Waals surface area contributed by atoms with Gasteiger partial charge in [-0.15, -0.1) is 0 Å². The molecule has 6 heteroatoms. The fourth-order valence-electron chi connectivity index (χ4n) is 3.34. The average molecular weight is 289 g/mol. The Morgan fingerprint density at radius 2 is 2.24 bits per heavy atom. The van der Waals surface area contributed by atoms with Crippen LogP contribution in [0.1, 0.15) is 19.3 Å². The van der Waals surface area contributed by atoms with Crippen molar-refractivity contribution in [2.24, 2.45) is 11.3 Å². The monoisotopic (exact) mass is 289 g/mol. The van der Waals surface area contributed by atoms with Crippen LogP contribution in [0.4, 0.5) is 10.2 Å². The van der Waals surface area contributed by atoms with E-state index in [4.69, 9.17) is 4.74 Å². The zero-order chi connectivity index (χ0) is 14.4. The number of H-pyrrole nitrogens is 1. The zero-order valence-corrected chi connectivity index (χ0v) is 11.5. The Labute approximate surface area is 120 Å². The number of anilines is 1. The summed E-state index contributed by atoms with van der Waals surface area (Å²) in [6, 6.07) is 4.36. The van der Waals surface area contributed by atoms with Crippen molar-refractivity contribution >= 4 is 22.6 Å². The Morgan fingerprint density at radius 1 is 1.43 bits per heavy atom. The van der Waals surface area contributed by atoms with Crippen LogP contribution in [0.3, 0.4) is 0 Å². The van der Waals surface area contributed by atoms with Gasteiger partial charge in [-0.25, -0.2) is 4.39 Å². The number of rotatable bonds is 2. The minimum absolute atomic E-state index is 0.00891. The highest BCUT2D eigenvalue weighted by Crippen LogP contribution is 2.59. The van der Waals surface area contributed by atoms with Crippen molar-refractivity contribution in [2.45, 2.75) is 19.3 Å². The SMILES string of the molecule is O=C(Nc1n[nH]c2cc(F)ccc12)C1CC12CCOCC2. The maximum Gasteiger partial charge on any atom is 0.229 e. The molecule has 21 heavy (non-hydrogen) atoms. The molecule has 1 amide bonds. The number of fused-ring (bicyclic) bond motifs is 1. The molecule has 2 N–H and O–H groups in total. The van der Waals surface area contributed by atoms with Crippen LogP contribution in [-0.2, 0) is 9.53 Å². The van der Waals surface area contributed by atoms with E-state index in [1.807, 2.05) is 0 Å². The van der Waals surface area contributed by atoms with Crippen LogP contribution in [0.25, 0.3) is 10.9 Å². The molecule has 1 aliphatic heterocycles. The number of ether oxygens (including phenoxy) is 1. The van der Waals surface area contributed by atoms with Gasteiger partial charge in [-0.2, -0.15) is 5.10 Å². The molecule has 4 rings (SSSR count). The van der Waals surface area contributed by atoms with Gasteiger partial charge in [0.2, 0.25) is 5.91 Å². The first-order valence-corrected chi connectivity index (χ1v) is 7.20. The van der Waals surface area contributed by atoms with Crippen LogP contribution in [0.2, 0.25) is 0 Å². The topological polar surface area (TPSA) is 67.0 Å². The normalized spacial score (nSPS) is 23.4. The van der Waals surface area contributed by atoms with E-state index in [-0.39, 0.29) is 23.1 Å². The van der Waals surface area contributed by atoms with Gasteiger partial charge in [0.15, 0.2) is 5.82 Å². The first-order chi connectivity index (χ1) is 10.2. The van der Waals surface area contributed by atoms with Gasteiger partial charge in [-0.1, -0.05) is 0 Å². The Balaban J connectivity index is 1.51. The molecule has 1 aliphatic carbocycles. The second kappa shape index (κ2) is 4.53. The Hall–Kier alpha value is -1.95. The third-order valence-electron chi connectivity index (χ3n) is 4.76. The van der Waals surface area contributed by atoms with E-state index in [1.54, 1.807) is 6.07 Å². The minimum Gasteiger partial charge on any atom is -0.381 e. The number of aromatic nitrogens is 2. The van der Waals surface area contributed by atoms with Crippen molar-refractivity contribution in [3.8, 4) is 0 Å². The van der Waals surface area contributed by atoms with E-state index >= 15 is 0 Å². The fourth-order valence-corrected chi connectivity index (χ4v) is 3.34. The average Bonchev–Trinajstić information content (AvgIpc) is 3.03. The lowest BCUT2D eigenvalue weighted by atomic mass is 9.93. The minimum atomic E-state index is -0.327. The number of carbonyl (C=O) groups excluding carboxylic acids is 1. The summed E-state index contributed by atoms with van der Waals surface area (Å²) in [5.41, 5.74) is 0.725. The summed E-state index contributed by atoms with van der Waals surface area (Å²) in [6.45, 7) is 1.49. The molecule has 0 radical (unpaired) electrons. The number of amides is 1. The second-order valence-electron chi connectivity index (χ2n) is 5.98. The molecule has 5 nitrogen and oxygen atoms in total. The van der Waals surface area contributed by atoms with Crippen LogP contribution in [0, 0.1) is 17.2 Å². The molecule has 1 unspecified atom stereocenters. The van der Waals surface area contributed by atoms with Gasteiger partial charge >= 0.3 is 0 Å². The van der Waals surface area contributed by atoms with Gasteiger partial charge in [-0.3, -0.25) is 9.89 Å². The maximum absolute atomic E-state index is 13.1. The molecule has 1 atom stereocenters. The predicted molar refractivity (Wildman–Crippen MR) is 75.3 cm³/mol. The highest BCUT2D eigenvalue weighted by Gasteiger charge is 2.58. The first-order valence-electron chi connectivity index (χ1n) is 7.20. The highest BCUT2D eigenvalue weighted by atomic mass is 19.1. The smallest absolute Gasteiger partial charge is 0.229 e. The highest BCUT2D eigenvalue weighted by molar-refractivity contribution is 6.01. The number of halogens is 1. The van der Waals surface area contributed by atoms with E-state index < -0.39 is 0 Å². The Morgan fingerprint density at radius 3 is 3.05 bits per heavy atom. The van der Waals surface area contributed by atoms with Crippen LogP contribution in [-0.4, -0.2) is 29.3 Å². The number of benzene rings is 1. The molecule has 1 spiro atoms. The Kier molecular flexibility index (Phi) is 2.75. The number of hydrogen-bond acceptors (Lipinski definition) is 3. The summed E-state index contributed by atoms with van der Waals surface area (Å²) >= 11 is 0. The van der Waals surface area contributed by atoms with Crippen LogP contribution >= 0.6 is 0 Å². The number of hydrogen-bond donors (Lipinski definition) is 2. The van der Waals surface area contributed by atoms with E-state index in [0.717, 1.165) is 37.9 Å². The largest absolute Gasteiger partial charge is 0.381 e. The third kappa shape index (κ3) is 2.10. The van der Waals surface area contributed by atoms with E-state index in [1.165, 1.54) is 12.1 Å². The predicted octanol–water partition coefficient (Wildman–Crippen LogP) is 2.46. The third-order valence-corrected chi connectivity index (χ3v) is 4.76. The molecule has 1 aromatic heterocycles. The van der Waals surface area contributed by atoms with Crippen molar-refractivity contribution in [1.82, 2.24) is 10.2 Å². The van der Waals surface area contributed by atoms with Crippen molar-refractivity contribution in [3.63, 3.8) is 0 Å². The maximum atomic E-state index is 13.1. The summed E-state index contributed by atoms with van der Waals surface area (Å²) in [7, 11) is 0. The van der Waals surface area contributed by atoms with Crippen molar-refractivity contribution < 1.29 is 13.9 Å². The molecule has 1 saturated carbocycles. The Bertz CT molecular complexity index is 706. The van der Waals surface area contributed by atoms with E-state index in [9.17, 15) is 9.18 Å². The van der Waals surface area contributed by atoms with Crippen LogP contribution in [0.5, 0.6) is 0 Å². The van der Waals surface area contributed by atoms with E-state index in [0.29, 0.717) is 11.3 Å². The van der Waals surface area contributed by atoms with Crippen LogP contribution in [0.15, 0.2) is 18.2 Å². The number of nitrogens with one attached hydrogen (secondary N) is 2. The van der Waals surface area contributed by atoms with Gasteiger partial charge < -0.3 is 10.1 Å². The summed E-state index contributed by atoms with van der Waals surface area (Å²) in [6.07, 6.45) is 2.84. The van der Waals surface area contributed by atoms with Gasteiger partial charge in [0.25, 0.3) is 0 Å². The first kappa shape index (κ1) is 12.8. The molecule has 2 aromatic rings. The molecule has 2 fully saturated rings. The lowest BCUT2D eigenvalue weighted by molar-refractivity contribution is -0.118. The summed E-state index contributed by atoms with van der Waals surface area (Å²) < 4.78 is 18.5. The van der Waals surface area contributed by atoms with Crippen LogP contribution < -0.4 is 5.32 Å². The lowest BCUT2D eigenvalue weighted by Gasteiger charge is -2.22. The summed E-state index contributed by atoms with van der Waals surface area (Å²) in [5, 5.41) is 10.4. The molecular weight excluding hydrogens is 273 g/mol. The van der Waals surface area contributed by atoms with Gasteiger partial charge in [0.1, 0.15) is 5.82 Å². The van der Waals surface area contributed by atoms with Crippen molar-refractivity contribution in [2.75, 3.05) is 18.5 Å². The van der Waals surface area contributed by atoms with Gasteiger partial charge in [0.05, 0.1) is 5.52 Å². The van der Waals surface area contributed by atoms with Gasteiger partial charge in [0, 0.05) is 24.5 Å². The molecule has 2 heterocycles. The fraction of sp³-hybridized carbons (Fsp3) is 0.467. The molecule has 1 aromatic carbocycles. The lowest BCUT2D eigenvalue weighted by Crippen LogP contribution is -2.24. The molecular formula is C15H16FN3O2. The van der Waals surface area contributed by atoms with Crippen molar-refractivity contribution in [1.29, 1.82) is 0 Å². The van der Waals surface area contributed by atoms with Crippen molar-refractivity contribution in [3.05, 3.63) is 24.0 Å². The number of aromatic amines is 1. The molecule has 1 saturated heterocycles. The standard InChI is InChI=1S/C15H16FN3O2/c16-9-1-2-10-12(7-9)18-19-13(10)17-14(20)11-8-15(11)3-5-21-6-4-15/h1-2,7,11H,3-6,8H2,(H2,17,18,19,20). The quantitative estimate of drug-likeness (QED) is 0.892. The molecule has 110 valence electrons. The zero-order valence-electron chi connectivity index (χ0n) is 11.5. The number of nitrogens with zero attached hydrogens (tertiary/aromatic N) is 1. The van der Waals surface area contributed by atoms with E-state index in [2.05, 4.69) is 15.5 Å². The van der Waals surface area contributed by atoms with Gasteiger partial charge in [-0.05, 0) is 42.9 Å². The number of carbonyl (C=O) groups is 1. The molecule has 0 bridgehead atoms. The summed E-state index contributed by atoms with van der Waals surface area (Å²) in [4.78, 5) is 12.4.